The number of benzene rings is 1. The van der Waals surface area contributed by atoms with Crippen LogP contribution in [0.3, 0.4) is 0 Å². The molecule has 1 amide bonds. The fraction of sp³-hybridized carbons (Fsp3) is 0.286. The summed E-state index contributed by atoms with van der Waals surface area (Å²) in [5.74, 6) is -2.89. The number of anilines is 1. The highest BCUT2D eigenvalue weighted by Crippen LogP contribution is 2.35. The van der Waals surface area contributed by atoms with Gasteiger partial charge in [0, 0.05) is 5.56 Å². The monoisotopic (exact) mass is 299 g/mol. The predicted octanol–water partition coefficient (Wildman–Crippen LogP) is 3.20. The first kappa shape index (κ1) is 15.1. The second-order valence-corrected chi connectivity index (χ2v) is 4.76. The highest BCUT2D eigenvalue weighted by atomic mass is 19.4. The van der Waals surface area contributed by atoms with Crippen LogP contribution in [0.1, 0.15) is 34.0 Å². The summed E-state index contributed by atoms with van der Waals surface area (Å²) in [6, 6.07) is 1.31. The van der Waals surface area contributed by atoms with E-state index in [-0.39, 0.29) is 17.9 Å². The number of cyclic esters (lactones) is 1. The van der Waals surface area contributed by atoms with E-state index >= 15 is 0 Å². The Bertz CT molecular complexity index is 662. The van der Waals surface area contributed by atoms with Crippen LogP contribution in [0.25, 0.3) is 5.57 Å². The second-order valence-electron chi connectivity index (χ2n) is 4.76. The number of allylic oxidation sites excluding steroid dienone is 1. The van der Waals surface area contributed by atoms with Crippen molar-refractivity contribution in [1.82, 2.24) is 0 Å². The van der Waals surface area contributed by atoms with E-state index in [0.29, 0.717) is 22.3 Å². The lowest BCUT2D eigenvalue weighted by Gasteiger charge is -2.15. The van der Waals surface area contributed by atoms with Crippen LogP contribution < -0.4 is 5.32 Å². The van der Waals surface area contributed by atoms with Crippen LogP contribution in [0.2, 0.25) is 0 Å². The van der Waals surface area contributed by atoms with Crippen molar-refractivity contribution in [2.24, 2.45) is 0 Å². The van der Waals surface area contributed by atoms with E-state index in [2.05, 4.69) is 6.58 Å². The summed E-state index contributed by atoms with van der Waals surface area (Å²) in [6.07, 6.45) is -5.04. The maximum absolute atomic E-state index is 12.4. The Balaban J connectivity index is 2.58. The minimum atomic E-state index is -5.04. The molecule has 1 N–H and O–H groups in total. The smallest absolute Gasteiger partial charge is 0.457 e. The van der Waals surface area contributed by atoms with Gasteiger partial charge in [-0.3, -0.25) is 4.79 Å². The van der Waals surface area contributed by atoms with Crippen molar-refractivity contribution in [3.05, 3.63) is 34.9 Å². The molecule has 0 unspecified atom stereocenters. The summed E-state index contributed by atoms with van der Waals surface area (Å²) in [5, 5.41) is 1.73. The molecule has 1 aliphatic heterocycles. The van der Waals surface area contributed by atoms with Crippen LogP contribution in [-0.2, 0) is 16.1 Å². The fourth-order valence-corrected chi connectivity index (χ4v) is 2.20. The van der Waals surface area contributed by atoms with Gasteiger partial charge in [0.15, 0.2) is 0 Å². The predicted molar refractivity (Wildman–Crippen MR) is 69.7 cm³/mol. The Morgan fingerprint density at radius 3 is 2.57 bits per heavy atom. The van der Waals surface area contributed by atoms with Gasteiger partial charge in [0.25, 0.3) is 0 Å². The average Bonchev–Trinajstić information content (AvgIpc) is 2.74. The van der Waals surface area contributed by atoms with E-state index in [1.807, 2.05) is 0 Å². The number of rotatable bonds is 2. The third-order valence-electron chi connectivity index (χ3n) is 3.23. The molecule has 0 saturated carbocycles. The molecule has 4 nitrogen and oxygen atoms in total. The van der Waals surface area contributed by atoms with E-state index < -0.39 is 18.1 Å². The normalized spacial score (nSPS) is 13.7. The van der Waals surface area contributed by atoms with Gasteiger partial charge in [-0.05, 0) is 31.0 Å². The van der Waals surface area contributed by atoms with Gasteiger partial charge in [-0.25, -0.2) is 4.79 Å². The van der Waals surface area contributed by atoms with Gasteiger partial charge in [-0.1, -0.05) is 12.2 Å². The van der Waals surface area contributed by atoms with E-state index in [1.165, 1.54) is 6.07 Å². The summed E-state index contributed by atoms with van der Waals surface area (Å²) in [6.45, 7) is 7.11. The summed E-state index contributed by atoms with van der Waals surface area (Å²) < 4.78 is 42.0. The van der Waals surface area contributed by atoms with Crippen LogP contribution in [0.15, 0.2) is 12.6 Å². The number of halogens is 3. The molecule has 1 heterocycles. The first-order valence-electron chi connectivity index (χ1n) is 6.00. The van der Waals surface area contributed by atoms with Gasteiger partial charge in [0.2, 0.25) is 0 Å². The van der Waals surface area contributed by atoms with Gasteiger partial charge >= 0.3 is 18.1 Å². The van der Waals surface area contributed by atoms with Gasteiger partial charge in [0.1, 0.15) is 6.61 Å². The first-order chi connectivity index (χ1) is 9.62. The standard InChI is InChI=1S/C14H12F3NO3/c1-6(2)8-4-10(18-13(20)14(15,16)17)11-9(7(8)3)5-21-12(11)19/h4H,1,5H2,2-3H3,(H,18,20). The van der Waals surface area contributed by atoms with Crippen molar-refractivity contribution in [2.75, 3.05) is 5.32 Å². The molecule has 0 aliphatic carbocycles. The number of fused-ring (bicyclic) bond motifs is 1. The van der Waals surface area contributed by atoms with Crippen molar-refractivity contribution in [2.45, 2.75) is 26.6 Å². The van der Waals surface area contributed by atoms with Crippen molar-refractivity contribution >= 4 is 23.1 Å². The number of hydrogen-bond donors (Lipinski definition) is 1. The average molecular weight is 299 g/mol. The molecule has 0 saturated heterocycles. The molecule has 2 rings (SSSR count). The molecule has 21 heavy (non-hydrogen) atoms. The number of alkyl halides is 3. The third kappa shape index (κ3) is 2.63. The molecule has 0 radical (unpaired) electrons. The van der Waals surface area contributed by atoms with Gasteiger partial charge in [0.05, 0.1) is 11.3 Å². The van der Waals surface area contributed by atoms with Gasteiger partial charge in [-0.15, -0.1) is 0 Å². The Hall–Kier alpha value is -2.31. The number of esters is 1. The van der Waals surface area contributed by atoms with Crippen molar-refractivity contribution in [3.8, 4) is 0 Å². The van der Waals surface area contributed by atoms with Gasteiger partial charge in [-0.2, -0.15) is 13.2 Å². The summed E-state index contributed by atoms with van der Waals surface area (Å²) in [5.41, 5.74) is 2.11. The minimum Gasteiger partial charge on any atom is -0.457 e. The van der Waals surface area contributed by atoms with Crippen LogP contribution >= 0.6 is 0 Å². The zero-order valence-corrected chi connectivity index (χ0v) is 11.4. The molecule has 0 atom stereocenters. The van der Waals surface area contributed by atoms with Crippen molar-refractivity contribution in [3.63, 3.8) is 0 Å². The maximum Gasteiger partial charge on any atom is 0.471 e. The lowest BCUT2D eigenvalue weighted by atomic mass is 9.93. The lowest BCUT2D eigenvalue weighted by molar-refractivity contribution is -0.167. The van der Waals surface area contributed by atoms with Crippen LogP contribution in [0, 0.1) is 6.92 Å². The number of amides is 1. The fourth-order valence-electron chi connectivity index (χ4n) is 2.20. The molecule has 112 valence electrons. The SMILES string of the molecule is C=C(C)c1cc(NC(=O)C(F)(F)F)c2c(c1C)COC2=O. The topological polar surface area (TPSA) is 55.4 Å². The maximum atomic E-state index is 12.4. The van der Waals surface area contributed by atoms with E-state index in [0.717, 1.165) is 0 Å². The summed E-state index contributed by atoms with van der Waals surface area (Å²) in [7, 11) is 0. The quantitative estimate of drug-likeness (QED) is 0.853. The second kappa shape index (κ2) is 4.91. The highest BCUT2D eigenvalue weighted by Gasteiger charge is 2.40. The number of carbonyl (C=O) groups excluding carboxylic acids is 2. The highest BCUT2D eigenvalue weighted by molar-refractivity contribution is 6.06. The molecule has 1 aromatic carbocycles. The molecule has 0 bridgehead atoms. The zero-order valence-electron chi connectivity index (χ0n) is 11.4. The summed E-state index contributed by atoms with van der Waals surface area (Å²) >= 11 is 0. The molecular formula is C14H12F3NO3. The van der Waals surface area contributed by atoms with Gasteiger partial charge < -0.3 is 10.1 Å². The third-order valence-corrected chi connectivity index (χ3v) is 3.23. The summed E-state index contributed by atoms with van der Waals surface area (Å²) in [4.78, 5) is 22.8. The van der Waals surface area contributed by atoms with Crippen molar-refractivity contribution in [1.29, 1.82) is 0 Å². The number of ether oxygens (including phenoxy) is 1. The Kier molecular flexibility index (Phi) is 3.52. The molecule has 1 aromatic rings. The molecule has 1 aliphatic rings. The van der Waals surface area contributed by atoms with E-state index in [9.17, 15) is 22.8 Å². The molecule has 7 heteroatoms. The van der Waals surface area contributed by atoms with Crippen molar-refractivity contribution < 1.29 is 27.5 Å². The molecule has 0 aromatic heterocycles. The van der Waals surface area contributed by atoms with Crippen LogP contribution in [0.4, 0.5) is 18.9 Å². The lowest BCUT2D eigenvalue weighted by Crippen LogP contribution is -2.30. The molecule has 0 spiro atoms. The Morgan fingerprint density at radius 1 is 1.43 bits per heavy atom. The number of hydrogen-bond acceptors (Lipinski definition) is 3. The van der Waals surface area contributed by atoms with Crippen LogP contribution in [-0.4, -0.2) is 18.1 Å². The van der Waals surface area contributed by atoms with Crippen LogP contribution in [0.5, 0.6) is 0 Å². The minimum absolute atomic E-state index is 0.0317. The zero-order chi connectivity index (χ0) is 15.9. The Morgan fingerprint density at radius 2 is 2.05 bits per heavy atom. The largest absolute Gasteiger partial charge is 0.471 e. The molecular weight excluding hydrogens is 287 g/mol. The molecule has 0 fully saturated rings. The number of carbonyl (C=O) groups is 2. The van der Waals surface area contributed by atoms with E-state index in [4.69, 9.17) is 4.74 Å². The van der Waals surface area contributed by atoms with E-state index in [1.54, 1.807) is 19.2 Å². The number of nitrogens with one attached hydrogen (secondary N) is 1. The Labute approximate surface area is 118 Å². The first-order valence-corrected chi connectivity index (χ1v) is 6.00.